The van der Waals surface area contributed by atoms with Crippen LogP contribution in [-0.2, 0) is 11.3 Å². The zero-order valence-electron chi connectivity index (χ0n) is 15.2. The molecule has 142 valence electrons. The number of methoxy groups -OCH3 is 1. The molecule has 0 atom stereocenters. The Hall–Kier alpha value is -2.61. The Labute approximate surface area is 160 Å². The number of nitrogens with one attached hydrogen (secondary N) is 2. The van der Waals surface area contributed by atoms with Crippen LogP contribution in [-0.4, -0.2) is 45.5 Å². The summed E-state index contributed by atoms with van der Waals surface area (Å²) in [5.74, 6) is 0.876. The van der Waals surface area contributed by atoms with E-state index in [0.29, 0.717) is 40.9 Å². The van der Waals surface area contributed by atoms with E-state index in [0.717, 1.165) is 36.8 Å². The first-order valence-electron chi connectivity index (χ1n) is 9.19. The summed E-state index contributed by atoms with van der Waals surface area (Å²) < 4.78 is 7.16. The lowest BCUT2D eigenvalue weighted by molar-refractivity contribution is -0.130. The molecule has 1 amide bonds. The second-order valence-electron chi connectivity index (χ2n) is 6.86. The highest BCUT2D eigenvalue weighted by Gasteiger charge is 2.18. The third-order valence-corrected chi connectivity index (χ3v) is 5.50. The maximum absolute atomic E-state index is 12.9. The Kier molecular flexibility index (Phi) is 4.73. The van der Waals surface area contributed by atoms with Crippen molar-refractivity contribution in [1.82, 2.24) is 19.4 Å². The number of fused-ring (bicyclic) bond motifs is 3. The van der Waals surface area contributed by atoms with Gasteiger partial charge in [-0.25, -0.2) is 0 Å². The number of hydrogen-bond donors (Lipinski definition) is 2. The number of hydrogen-bond acceptors (Lipinski definition) is 4. The van der Waals surface area contributed by atoms with Crippen LogP contribution in [0.15, 0.2) is 23.0 Å². The number of nitrogens with zero attached hydrogens (tertiary/aromatic N) is 2. The summed E-state index contributed by atoms with van der Waals surface area (Å²) in [7, 11) is 1.61. The Bertz CT molecular complexity index is 1120. The zero-order chi connectivity index (χ0) is 19.0. The van der Waals surface area contributed by atoms with Gasteiger partial charge in [0.05, 0.1) is 12.6 Å². The summed E-state index contributed by atoms with van der Waals surface area (Å²) in [4.78, 5) is 33.3. The minimum Gasteiger partial charge on any atom is -0.497 e. The number of amides is 1. The molecule has 2 aromatic heterocycles. The first-order valence-corrected chi connectivity index (χ1v) is 9.59. The summed E-state index contributed by atoms with van der Waals surface area (Å²) in [5, 5.41) is 0.865. The molecule has 1 saturated heterocycles. The molecular formula is C19H22N4O3S. The molecule has 0 saturated carbocycles. The van der Waals surface area contributed by atoms with Crippen LogP contribution in [0.1, 0.15) is 25.7 Å². The Balaban J connectivity index is 1.61. The number of rotatable bonds is 5. The van der Waals surface area contributed by atoms with Crippen molar-refractivity contribution in [3.05, 3.63) is 33.3 Å². The molecule has 7 nitrogen and oxygen atoms in total. The van der Waals surface area contributed by atoms with E-state index in [1.54, 1.807) is 7.11 Å². The number of aromatic nitrogens is 3. The molecule has 27 heavy (non-hydrogen) atoms. The second kappa shape index (κ2) is 7.19. The van der Waals surface area contributed by atoms with Crippen LogP contribution in [0.4, 0.5) is 0 Å². The van der Waals surface area contributed by atoms with E-state index in [2.05, 4.69) is 9.97 Å². The third kappa shape index (κ3) is 3.25. The van der Waals surface area contributed by atoms with Crippen molar-refractivity contribution in [3.8, 4) is 5.75 Å². The molecule has 1 fully saturated rings. The normalized spacial score (nSPS) is 14.3. The van der Waals surface area contributed by atoms with Crippen molar-refractivity contribution in [2.45, 2.75) is 32.2 Å². The highest BCUT2D eigenvalue weighted by Crippen LogP contribution is 2.25. The standard InChI is InChI=1S/C19H22N4O3S/c1-26-12-6-7-14-13(11-12)16-17(20-14)18(25)23(19(27)21-16)10-4-5-15(24)22-8-2-3-9-22/h6-7,11,20H,2-5,8-10H2,1H3,(H,21,27). The van der Waals surface area contributed by atoms with E-state index < -0.39 is 0 Å². The van der Waals surface area contributed by atoms with Crippen molar-refractivity contribution in [3.63, 3.8) is 0 Å². The average Bonchev–Trinajstić information content (AvgIpc) is 3.32. The van der Waals surface area contributed by atoms with Gasteiger partial charge in [-0.15, -0.1) is 0 Å². The first-order chi connectivity index (χ1) is 13.1. The van der Waals surface area contributed by atoms with Crippen molar-refractivity contribution >= 4 is 40.1 Å². The number of ether oxygens (including phenoxy) is 1. The van der Waals surface area contributed by atoms with Gasteiger partial charge in [-0.1, -0.05) is 0 Å². The minimum atomic E-state index is -0.169. The Morgan fingerprint density at radius 1 is 1.22 bits per heavy atom. The summed E-state index contributed by atoms with van der Waals surface area (Å²) in [6.07, 6.45) is 3.19. The number of aromatic amines is 2. The summed E-state index contributed by atoms with van der Waals surface area (Å²) >= 11 is 5.41. The van der Waals surface area contributed by atoms with Crippen LogP contribution < -0.4 is 10.3 Å². The van der Waals surface area contributed by atoms with E-state index >= 15 is 0 Å². The molecule has 3 heterocycles. The number of benzene rings is 1. The SMILES string of the molecule is COc1ccc2[nH]c3c(=O)n(CCCC(=O)N4CCCC4)c(=S)[nH]c3c2c1. The Morgan fingerprint density at radius 2 is 2.00 bits per heavy atom. The highest BCUT2D eigenvalue weighted by atomic mass is 32.1. The van der Waals surface area contributed by atoms with Gasteiger partial charge in [0.15, 0.2) is 4.77 Å². The summed E-state index contributed by atoms with van der Waals surface area (Å²) in [6, 6.07) is 5.59. The van der Waals surface area contributed by atoms with E-state index in [1.165, 1.54) is 4.57 Å². The lowest BCUT2D eigenvalue weighted by Gasteiger charge is -2.15. The van der Waals surface area contributed by atoms with Crippen LogP contribution in [0, 0.1) is 4.77 Å². The van der Waals surface area contributed by atoms with Gasteiger partial charge < -0.3 is 19.6 Å². The predicted octanol–water partition coefficient (Wildman–Crippen LogP) is 2.95. The number of carbonyl (C=O) groups excluding carboxylic acids is 1. The van der Waals surface area contributed by atoms with Crippen molar-refractivity contribution in [2.75, 3.05) is 20.2 Å². The topological polar surface area (TPSA) is 83.1 Å². The van der Waals surface area contributed by atoms with E-state index in [9.17, 15) is 9.59 Å². The maximum Gasteiger partial charge on any atom is 0.278 e. The molecule has 0 bridgehead atoms. The number of H-pyrrole nitrogens is 2. The number of carbonyl (C=O) groups is 1. The molecular weight excluding hydrogens is 364 g/mol. The lowest BCUT2D eigenvalue weighted by atomic mass is 10.2. The molecule has 4 rings (SSSR count). The van der Waals surface area contributed by atoms with Gasteiger partial charge >= 0.3 is 0 Å². The van der Waals surface area contributed by atoms with Gasteiger partial charge in [0, 0.05) is 37.0 Å². The van der Waals surface area contributed by atoms with Gasteiger partial charge in [0.2, 0.25) is 5.91 Å². The van der Waals surface area contributed by atoms with Crippen LogP contribution in [0.3, 0.4) is 0 Å². The third-order valence-electron chi connectivity index (χ3n) is 5.17. The Morgan fingerprint density at radius 3 is 2.74 bits per heavy atom. The molecule has 1 aliphatic heterocycles. The van der Waals surface area contributed by atoms with Gasteiger partial charge in [0.1, 0.15) is 11.3 Å². The van der Waals surface area contributed by atoms with Gasteiger partial charge in [-0.3, -0.25) is 14.2 Å². The zero-order valence-corrected chi connectivity index (χ0v) is 16.0. The molecule has 0 spiro atoms. The second-order valence-corrected chi connectivity index (χ2v) is 7.25. The van der Waals surface area contributed by atoms with Crippen molar-refractivity contribution in [1.29, 1.82) is 0 Å². The average molecular weight is 386 g/mol. The van der Waals surface area contributed by atoms with Crippen LogP contribution in [0.5, 0.6) is 5.75 Å². The quantitative estimate of drug-likeness (QED) is 0.661. The van der Waals surface area contributed by atoms with Crippen molar-refractivity contribution in [2.24, 2.45) is 0 Å². The monoisotopic (exact) mass is 386 g/mol. The molecule has 0 aliphatic carbocycles. The maximum atomic E-state index is 12.9. The summed E-state index contributed by atoms with van der Waals surface area (Å²) in [6.45, 7) is 2.12. The van der Waals surface area contributed by atoms with E-state index in [-0.39, 0.29) is 11.5 Å². The van der Waals surface area contributed by atoms with Gasteiger partial charge in [-0.05, 0) is 49.7 Å². The molecule has 2 N–H and O–H groups in total. The lowest BCUT2D eigenvalue weighted by Crippen LogP contribution is -2.28. The van der Waals surface area contributed by atoms with Gasteiger partial charge in [0.25, 0.3) is 5.56 Å². The molecule has 1 aliphatic rings. The molecule has 8 heteroatoms. The molecule has 3 aromatic rings. The first kappa shape index (κ1) is 17.8. The van der Waals surface area contributed by atoms with Crippen LogP contribution in [0.25, 0.3) is 21.9 Å². The largest absolute Gasteiger partial charge is 0.497 e. The molecule has 1 aromatic carbocycles. The van der Waals surface area contributed by atoms with Crippen molar-refractivity contribution < 1.29 is 9.53 Å². The van der Waals surface area contributed by atoms with Crippen LogP contribution >= 0.6 is 12.2 Å². The van der Waals surface area contributed by atoms with E-state index in [4.69, 9.17) is 17.0 Å². The smallest absolute Gasteiger partial charge is 0.278 e. The van der Waals surface area contributed by atoms with Gasteiger partial charge in [-0.2, -0.15) is 0 Å². The minimum absolute atomic E-state index is 0.161. The fourth-order valence-corrected chi connectivity index (χ4v) is 3.98. The molecule has 0 radical (unpaired) electrons. The van der Waals surface area contributed by atoms with E-state index in [1.807, 2.05) is 23.1 Å². The number of likely N-dealkylation sites (tertiary alicyclic amines) is 1. The fraction of sp³-hybridized carbons (Fsp3) is 0.421. The highest BCUT2D eigenvalue weighted by molar-refractivity contribution is 7.71. The summed E-state index contributed by atoms with van der Waals surface area (Å²) in [5.41, 5.74) is 1.84. The predicted molar refractivity (Wildman–Crippen MR) is 107 cm³/mol. The molecule has 0 unspecified atom stereocenters. The van der Waals surface area contributed by atoms with Crippen LogP contribution in [0.2, 0.25) is 0 Å². The fourth-order valence-electron chi connectivity index (χ4n) is 3.71.